The van der Waals surface area contributed by atoms with Crippen LogP contribution in [0, 0.1) is 0 Å². The second-order valence-corrected chi connectivity index (χ2v) is 3.41. The zero-order valence-corrected chi connectivity index (χ0v) is 8.01. The van der Waals surface area contributed by atoms with Crippen LogP contribution < -0.4 is 0 Å². The summed E-state index contributed by atoms with van der Waals surface area (Å²) in [6.45, 7) is 0. The summed E-state index contributed by atoms with van der Waals surface area (Å²) in [5, 5.41) is 8.06. The first-order valence-corrected chi connectivity index (χ1v) is 4.77. The molecule has 0 amide bonds. The summed E-state index contributed by atoms with van der Waals surface area (Å²) in [4.78, 5) is 4.00. The van der Waals surface area contributed by atoms with E-state index in [1.54, 1.807) is 12.4 Å². The Morgan fingerprint density at radius 2 is 1.80 bits per heavy atom. The topological polar surface area (TPSA) is 41.6 Å². The van der Waals surface area contributed by atoms with Gasteiger partial charge in [0.1, 0.15) is 0 Å². The van der Waals surface area contributed by atoms with Gasteiger partial charge in [0.2, 0.25) is 0 Å². The summed E-state index contributed by atoms with van der Waals surface area (Å²) >= 11 is 0. The van der Waals surface area contributed by atoms with E-state index in [0.29, 0.717) is 0 Å². The van der Waals surface area contributed by atoms with Crippen LogP contribution >= 0.6 is 0 Å². The summed E-state index contributed by atoms with van der Waals surface area (Å²) in [6.07, 6.45) is 5.43. The lowest BCUT2D eigenvalue weighted by molar-refractivity contribution is 1.12. The Labute approximate surface area is 86.8 Å². The number of nitrogens with one attached hydrogen (secondary N) is 1. The zero-order chi connectivity index (χ0) is 10.1. The molecule has 2 aromatic heterocycles. The lowest BCUT2D eigenvalue weighted by atomic mass is 10.1. The second-order valence-electron chi connectivity index (χ2n) is 3.41. The highest BCUT2D eigenvalue weighted by Gasteiger charge is 1.99. The third-order valence-electron chi connectivity index (χ3n) is 2.45. The molecule has 0 bridgehead atoms. The molecule has 3 rings (SSSR count). The van der Waals surface area contributed by atoms with E-state index in [4.69, 9.17) is 0 Å². The molecule has 15 heavy (non-hydrogen) atoms. The van der Waals surface area contributed by atoms with Crippen LogP contribution in [0.2, 0.25) is 0 Å². The zero-order valence-electron chi connectivity index (χ0n) is 8.01. The van der Waals surface area contributed by atoms with E-state index in [1.165, 1.54) is 11.1 Å². The van der Waals surface area contributed by atoms with E-state index in [0.717, 1.165) is 10.9 Å². The lowest BCUT2D eigenvalue weighted by Gasteiger charge is -2.00. The van der Waals surface area contributed by atoms with Crippen LogP contribution in [-0.2, 0) is 0 Å². The monoisotopic (exact) mass is 195 g/mol. The Morgan fingerprint density at radius 3 is 2.67 bits per heavy atom. The van der Waals surface area contributed by atoms with Crippen molar-refractivity contribution in [2.45, 2.75) is 0 Å². The van der Waals surface area contributed by atoms with Crippen LogP contribution in [0.5, 0.6) is 0 Å². The van der Waals surface area contributed by atoms with Crippen molar-refractivity contribution in [2.75, 3.05) is 0 Å². The van der Waals surface area contributed by atoms with Crippen LogP contribution in [0.3, 0.4) is 0 Å². The summed E-state index contributed by atoms with van der Waals surface area (Å²) in [7, 11) is 0. The number of H-pyrrole nitrogens is 1. The number of pyridine rings is 1. The summed E-state index contributed by atoms with van der Waals surface area (Å²) in [6, 6.07) is 10.2. The van der Waals surface area contributed by atoms with E-state index in [1.807, 2.05) is 24.4 Å². The van der Waals surface area contributed by atoms with Crippen molar-refractivity contribution < 1.29 is 0 Å². The number of nitrogens with zero attached hydrogens (tertiary/aromatic N) is 2. The van der Waals surface area contributed by atoms with Crippen LogP contribution in [0.15, 0.2) is 48.9 Å². The van der Waals surface area contributed by atoms with Gasteiger partial charge in [-0.05, 0) is 35.4 Å². The van der Waals surface area contributed by atoms with Crippen molar-refractivity contribution in [1.82, 2.24) is 15.2 Å². The second kappa shape index (κ2) is 3.20. The molecule has 3 heteroatoms. The third kappa shape index (κ3) is 1.38. The van der Waals surface area contributed by atoms with Crippen molar-refractivity contribution in [3.8, 4) is 11.1 Å². The molecule has 0 saturated heterocycles. The quantitative estimate of drug-likeness (QED) is 0.648. The predicted octanol–water partition coefficient (Wildman–Crippen LogP) is 2.62. The van der Waals surface area contributed by atoms with Gasteiger partial charge in [0.05, 0.1) is 11.7 Å². The fourth-order valence-corrected chi connectivity index (χ4v) is 1.67. The highest BCUT2D eigenvalue weighted by molar-refractivity contribution is 5.83. The van der Waals surface area contributed by atoms with Gasteiger partial charge in [-0.2, -0.15) is 5.10 Å². The Hall–Kier alpha value is -2.16. The Morgan fingerprint density at radius 1 is 0.933 bits per heavy atom. The maximum atomic E-state index is 4.00. The van der Waals surface area contributed by atoms with Crippen molar-refractivity contribution in [1.29, 1.82) is 0 Å². The lowest BCUT2D eigenvalue weighted by Crippen LogP contribution is -1.78. The Balaban J connectivity index is 2.19. The van der Waals surface area contributed by atoms with Crippen molar-refractivity contribution in [3.63, 3.8) is 0 Å². The van der Waals surface area contributed by atoms with Gasteiger partial charge in [-0.1, -0.05) is 6.07 Å². The summed E-state index contributed by atoms with van der Waals surface area (Å²) < 4.78 is 0. The predicted molar refractivity (Wildman–Crippen MR) is 59.3 cm³/mol. The SMILES string of the molecule is c1cc(-c2ccc3[nH]ncc3c2)ccn1. The van der Waals surface area contributed by atoms with Gasteiger partial charge >= 0.3 is 0 Å². The number of aromatic nitrogens is 3. The first-order chi connectivity index (χ1) is 7.43. The van der Waals surface area contributed by atoms with E-state index >= 15 is 0 Å². The van der Waals surface area contributed by atoms with Gasteiger partial charge in [-0.15, -0.1) is 0 Å². The molecule has 2 heterocycles. The molecule has 0 atom stereocenters. The average molecular weight is 195 g/mol. The first-order valence-electron chi connectivity index (χ1n) is 4.77. The van der Waals surface area contributed by atoms with Gasteiger partial charge in [0.15, 0.2) is 0 Å². The molecule has 0 aliphatic heterocycles. The first kappa shape index (κ1) is 8.17. The molecule has 0 aliphatic carbocycles. The van der Waals surface area contributed by atoms with E-state index in [2.05, 4.69) is 27.3 Å². The Kier molecular flexibility index (Phi) is 1.75. The molecule has 0 radical (unpaired) electrons. The molecule has 1 aromatic carbocycles. The molecule has 0 saturated carbocycles. The molecule has 0 unspecified atom stereocenters. The number of hydrogen-bond donors (Lipinski definition) is 1. The normalized spacial score (nSPS) is 10.7. The molecule has 3 nitrogen and oxygen atoms in total. The average Bonchev–Trinajstić information content (AvgIpc) is 2.77. The van der Waals surface area contributed by atoms with Crippen molar-refractivity contribution >= 4 is 10.9 Å². The largest absolute Gasteiger partial charge is 0.278 e. The number of benzene rings is 1. The molecule has 1 N–H and O–H groups in total. The molecule has 72 valence electrons. The minimum atomic E-state index is 1.06. The number of hydrogen-bond acceptors (Lipinski definition) is 2. The molecular formula is C12H9N3. The minimum Gasteiger partial charge on any atom is -0.278 e. The number of fused-ring (bicyclic) bond motifs is 1. The minimum absolute atomic E-state index is 1.06. The van der Waals surface area contributed by atoms with Crippen LogP contribution in [-0.4, -0.2) is 15.2 Å². The third-order valence-corrected chi connectivity index (χ3v) is 2.45. The van der Waals surface area contributed by atoms with E-state index in [-0.39, 0.29) is 0 Å². The smallest absolute Gasteiger partial charge is 0.0650 e. The number of rotatable bonds is 1. The maximum Gasteiger partial charge on any atom is 0.0650 e. The van der Waals surface area contributed by atoms with Gasteiger partial charge in [-0.3, -0.25) is 10.1 Å². The molecule has 0 fully saturated rings. The maximum absolute atomic E-state index is 4.00. The van der Waals surface area contributed by atoms with Gasteiger partial charge in [0.25, 0.3) is 0 Å². The molecule has 0 spiro atoms. The van der Waals surface area contributed by atoms with Gasteiger partial charge in [-0.25, -0.2) is 0 Å². The fourth-order valence-electron chi connectivity index (χ4n) is 1.67. The summed E-state index contributed by atoms with van der Waals surface area (Å²) in [5.74, 6) is 0. The van der Waals surface area contributed by atoms with E-state index in [9.17, 15) is 0 Å². The van der Waals surface area contributed by atoms with Crippen LogP contribution in [0.25, 0.3) is 22.0 Å². The summed E-state index contributed by atoms with van der Waals surface area (Å²) in [5.41, 5.74) is 3.42. The standard InChI is InChI=1S/C12H9N3/c1-2-12-11(8-14-15-12)7-10(1)9-3-5-13-6-4-9/h1-8H,(H,14,15). The van der Waals surface area contributed by atoms with Crippen LogP contribution in [0.1, 0.15) is 0 Å². The highest BCUT2D eigenvalue weighted by Crippen LogP contribution is 2.22. The van der Waals surface area contributed by atoms with Crippen molar-refractivity contribution in [2.24, 2.45) is 0 Å². The molecular weight excluding hydrogens is 186 g/mol. The number of aromatic amines is 1. The Bertz CT molecular complexity index is 584. The molecule has 0 aliphatic rings. The van der Waals surface area contributed by atoms with Gasteiger partial charge in [0, 0.05) is 17.8 Å². The van der Waals surface area contributed by atoms with Gasteiger partial charge < -0.3 is 0 Å². The van der Waals surface area contributed by atoms with Crippen molar-refractivity contribution in [3.05, 3.63) is 48.9 Å². The highest BCUT2D eigenvalue weighted by atomic mass is 15.1. The molecule has 3 aromatic rings. The van der Waals surface area contributed by atoms with Crippen LogP contribution in [0.4, 0.5) is 0 Å². The fraction of sp³-hybridized carbons (Fsp3) is 0. The van der Waals surface area contributed by atoms with E-state index < -0.39 is 0 Å².